The van der Waals surface area contributed by atoms with Crippen molar-refractivity contribution in [1.82, 2.24) is 0 Å². The van der Waals surface area contributed by atoms with Crippen LogP contribution in [0.15, 0.2) is 29.2 Å². The van der Waals surface area contributed by atoms with E-state index in [0.29, 0.717) is 12.1 Å². The van der Waals surface area contributed by atoms with Crippen LogP contribution in [0.1, 0.15) is 0 Å². The Balaban J connectivity index is 3.07. The molecule has 0 radical (unpaired) electrons. The van der Waals surface area contributed by atoms with E-state index in [1.165, 1.54) is 24.1 Å². The lowest BCUT2D eigenvalue weighted by Crippen LogP contribution is -2.13. The molecule has 1 amide bonds. The molecular formula is C8H8NO4S-. The number of amides is 1. The first kappa shape index (κ1) is 10.7. The fourth-order valence-corrected chi connectivity index (χ4v) is 1.38. The number of carbonyl (C=O) groups is 1. The van der Waals surface area contributed by atoms with Gasteiger partial charge in [0.05, 0.1) is 4.90 Å². The maximum atomic E-state index is 10.5. The lowest BCUT2D eigenvalue weighted by molar-refractivity contribution is -0.107. The number of anilines is 1. The monoisotopic (exact) mass is 214 g/mol. The molecule has 0 atom stereocenters. The first-order valence-electron chi connectivity index (χ1n) is 3.69. The summed E-state index contributed by atoms with van der Waals surface area (Å²) in [6, 6.07) is 5.10. The van der Waals surface area contributed by atoms with Gasteiger partial charge in [-0.25, -0.2) is 8.42 Å². The molecule has 0 N–H and O–H groups in total. The molecule has 5 nitrogen and oxygen atoms in total. The van der Waals surface area contributed by atoms with Gasteiger partial charge in [0.2, 0.25) is 6.41 Å². The van der Waals surface area contributed by atoms with Crippen molar-refractivity contribution in [1.29, 1.82) is 0 Å². The van der Waals surface area contributed by atoms with Crippen LogP contribution in [0.5, 0.6) is 0 Å². The topological polar surface area (TPSA) is 77.5 Å². The molecule has 0 fully saturated rings. The van der Waals surface area contributed by atoms with Crippen molar-refractivity contribution in [3.05, 3.63) is 24.3 Å². The largest absolute Gasteiger partial charge is 0.744 e. The first-order chi connectivity index (χ1) is 6.45. The Kier molecular flexibility index (Phi) is 2.87. The Morgan fingerprint density at radius 1 is 1.29 bits per heavy atom. The minimum atomic E-state index is -4.41. The van der Waals surface area contributed by atoms with Crippen molar-refractivity contribution >= 4 is 22.2 Å². The third-order valence-corrected chi connectivity index (χ3v) is 2.54. The Labute approximate surface area is 81.7 Å². The van der Waals surface area contributed by atoms with Crippen LogP contribution in [0.2, 0.25) is 0 Å². The molecule has 0 unspecified atom stereocenters. The number of nitrogens with zero attached hydrogens (tertiary/aromatic N) is 1. The van der Waals surface area contributed by atoms with Crippen LogP contribution in [-0.2, 0) is 14.9 Å². The quantitative estimate of drug-likeness (QED) is 0.531. The highest BCUT2D eigenvalue weighted by molar-refractivity contribution is 7.85. The molecule has 1 aromatic rings. The lowest BCUT2D eigenvalue weighted by Gasteiger charge is -2.12. The van der Waals surface area contributed by atoms with Crippen LogP contribution < -0.4 is 4.90 Å². The zero-order valence-electron chi connectivity index (χ0n) is 7.38. The number of hydrogen-bond donors (Lipinski definition) is 0. The summed E-state index contributed by atoms with van der Waals surface area (Å²) in [5, 5.41) is 0. The molecule has 0 aliphatic heterocycles. The number of benzene rings is 1. The number of hydrogen-bond acceptors (Lipinski definition) is 4. The average Bonchev–Trinajstić information content (AvgIpc) is 2.15. The second-order valence-electron chi connectivity index (χ2n) is 2.66. The van der Waals surface area contributed by atoms with Crippen molar-refractivity contribution in [2.45, 2.75) is 4.90 Å². The number of rotatable bonds is 3. The second kappa shape index (κ2) is 3.77. The molecule has 1 aromatic carbocycles. The Morgan fingerprint density at radius 3 is 2.14 bits per heavy atom. The third-order valence-electron chi connectivity index (χ3n) is 1.69. The number of carbonyl (C=O) groups excluding carboxylic acids is 1. The van der Waals surface area contributed by atoms with Gasteiger partial charge in [-0.1, -0.05) is 0 Å². The maximum Gasteiger partial charge on any atom is 0.213 e. The highest BCUT2D eigenvalue weighted by Crippen LogP contribution is 2.15. The molecule has 0 aliphatic carbocycles. The van der Waals surface area contributed by atoms with Gasteiger partial charge in [0, 0.05) is 12.7 Å². The Bertz CT molecular complexity index is 423. The highest BCUT2D eigenvalue weighted by atomic mass is 32.2. The minimum Gasteiger partial charge on any atom is -0.744 e. The van der Waals surface area contributed by atoms with Crippen LogP contribution in [0.3, 0.4) is 0 Å². The van der Waals surface area contributed by atoms with Crippen molar-refractivity contribution in [2.24, 2.45) is 0 Å². The molecule has 6 heteroatoms. The van der Waals surface area contributed by atoms with Crippen LogP contribution in [0.4, 0.5) is 5.69 Å². The molecular weight excluding hydrogens is 206 g/mol. The van der Waals surface area contributed by atoms with Gasteiger partial charge in [-0.3, -0.25) is 4.79 Å². The fraction of sp³-hybridized carbons (Fsp3) is 0.125. The first-order valence-corrected chi connectivity index (χ1v) is 5.10. The maximum absolute atomic E-state index is 10.5. The smallest absolute Gasteiger partial charge is 0.213 e. The average molecular weight is 214 g/mol. The van der Waals surface area contributed by atoms with Gasteiger partial charge in [0.25, 0.3) is 0 Å². The lowest BCUT2D eigenvalue weighted by atomic mass is 10.3. The van der Waals surface area contributed by atoms with E-state index in [-0.39, 0.29) is 4.90 Å². The molecule has 1 rings (SSSR count). The van der Waals surface area contributed by atoms with Crippen LogP contribution in [0, 0.1) is 0 Å². The molecule has 0 heterocycles. The van der Waals surface area contributed by atoms with Gasteiger partial charge in [-0.05, 0) is 24.3 Å². The molecule has 0 saturated carbocycles. The van der Waals surface area contributed by atoms with E-state index in [0.717, 1.165) is 12.1 Å². The molecule has 0 spiro atoms. The van der Waals surface area contributed by atoms with E-state index in [1.807, 2.05) is 0 Å². The van der Waals surface area contributed by atoms with Crippen LogP contribution in [0.25, 0.3) is 0 Å². The van der Waals surface area contributed by atoms with Crippen LogP contribution >= 0.6 is 0 Å². The Morgan fingerprint density at radius 2 is 1.79 bits per heavy atom. The molecule has 0 aliphatic rings. The SMILES string of the molecule is CN(C=O)c1ccc(S(=O)(=O)[O-])cc1. The minimum absolute atomic E-state index is 0.305. The van der Waals surface area contributed by atoms with Gasteiger partial charge in [-0.2, -0.15) is 0 Å². The summed E-state index contributed by atoms with van der Waals surface area (Å²) in [5.74, 6) is 0. The van der Waals surface area contributed by atoms with Crippen molar-refractivity contribution in [2.75, 3.05) is 11.9 Å². The summed E-state index contributed by atoms with van der Waals surface area (Å²) in [6.45, 7) is 0. The molecule has 76 valence electrons. The van der Waals surface area contributed by atoms with Gasteiger partial charge in [-0.15, -0.1) is 0 Å². The van der Waals surface area contributed by atoms with Crippen LogP contribution in [-0.4, -0.2) is 26.4 Å². The van der Waals surface area contributed by atoms with Crippen molar-refractivity contribution < 1.29 is 17.8 Å². The highest BCUT2D eigenvalue weighted by Gasteiger charge is 2.02. The van der Waals surface area contributed by atoms with Crippen molar-refractivity contribution in [3.63, 3.8) is 0 Å². The van der Waals surface area contributed by atoms with Gasteiger partial charge < -0.3 is 9.45 Å². The second-order valence-corrected chi connectivity index (χ2v) is 4.04. The summed E-state index contributed by atoms with van der Waals surface area (Å²) in [7, 11) is -2.89. The van der Waals surface area contributed by atoms with E-state index < -0.39 is 10.1 Å². The molecule has 0 aromatic heterocycles. The summed E-state index contributed by atoms with van der Waals surface area (Å²) < 4.78 is 31.6. The fourth-order valence-electron chi connectivity index (χ4n) is 0.909. The van der Waals surface area contributed by atoms with E-state index >= 15 is 0 Å². The van der Waals surface area contributed by atoms with Gasteiger partial charge in [0.15, 0.2) is 0 Å². The zero-order valence-corrected chi connectivity index (χ0v) is 8.19. The van der Waals surface area contributed by atoms with E-state index in [1.54, 1.807) is 0 Å². The summed E-state index contributed by atoms with van der Waals surface area (Å²) in [6.07, 6.45) is 0.584. The van der Waals surface area contributed by atoms with Gasteiger partial charge in [0.1, 0.15) is 10.1 Å². The summed E-state index contributed by atoms with van der Waals surface area (Å²) in [4.78, 5) is 11.3. The summed E-state index contributed by atoms with van der Waals surface area (Å²) in [5.41, 5.74) is 0.521. The van der Waals surface area contributed by atoms with E-state index in [2.05, 4.69) is 0 Å². The molecule has 0 bridgehead atoms. The standard InChI is InChI=1S/C8H9NO4S/c1-9(6-10)7-2-4-8(5-3-7)14(11,12)13/h2-6H,1H3,(H,11,12,13)/p-1. The summed E-state index contributed by atoms with van der Waals surface area (Å²) >= 11 is 0. The zero-order chi connectivity index (χ0) is 10.8. The van der Waals surface area contributed by atoms with Crippen molar-refractivity contribution in [3.8, 4) is 0 Å². The predicted octanol–water partition coefficient (Wildman–Crippen LogP) is 0.183. The van der Waals surface area contributed by atoms with Gasteiger partial charge >= 0.3 is 0 Å². The predicted molar refractivity (Wildman–Crippen MR) is 48.9 cm³/mol. The van der Waals surface area contributed by atoms with E-state index in [4.69, 9.17) is 0 Å². The third kappa shape index (κ3) is 2.30. The Hall–Kier alpha value is -1.40. The van der Waals surface area contributed by atoms with E-state index in [9.17, 15) is 17.8 Å². The molecule has 0 saturated heterocycles. The normalized spacial score (nSPS) is 11.0. The molecule has 14 heavy (non-hydrogen) atoms.